The highest BCUT2D eigenvalue weighted by molar-refractivity contribution is 7.77. The van der Waals surface area contributed by atoms with Gasteiger partial charge >= 0.3 is 8.47 Å². The molecule has 78 valence electrons. The Bertz CT molecular complexity index is 152. The zero-order valence-electron chi connectivity index (χ0n) is 8.20. The SMILES string of the molecule is CCO[Si](OCC)(OCC)[P+](=N)[O-]. The van der Waals surface area contributed by atoms with E-state index in [1.807, 2.05) is 0 Å². The van der Waals surface area contributed by atoms with Crippen LogP contribution < -0.4 is 4.89 Å². The molecule has 0 aromatic heterocycles. The lowest BCUT2D eigenvalue weighted by atomic mass is 10.9. The largest absolute Gasteiger partial charge is 0.778 e. The van der Waals surface area contributed by atoms with Crippen LogP contribution in [-0.4, -0.2) is 28.3 Å². The van der Waals surface area contributed by atoms with E-state index in [2.05, 4.69) is 0 Å². The maximum atomic E-state index is 11.1. The molecule has 1 atom stereocenters. The van der Waals surface area contributed by atoms with E-state index in [9.17, 15) is 4.89 Å². The monoisotopic (exact) mass is 225 g/mol. The summed E-state index contributed by atoms with van der Waals surface area (Å²) in [6.45, 7) is 6.35. The van der Waals surface area contributed by atoms with E-state index in [4.69, 9.17) is 18.4 Å². The molecule has 7 heteroatoms. The van der Waals surface area contributed by atoms with Gasteiger partial charge in [-0.1, -0.05) is 0 Å². The Morgan fingerprint density at radius 3 is 1.54 bits per heavy atom. The summed E-state index contributed by atoms with van der Waals surface area (Å²) in [7, 11) is -5.49. The molecule has 13 heavy (non-hydrogen) atoms. The normalized spacial score (nSPS) is 13.1. The van der Waals surface area contributed by atoms with Crippen molar-refractivity contribution >= 4 is 16.0 Å². The van der Waals surface area contributed by atoms with Gasteiger partial charge < -0.3 is 18.2 Å². The van der Waals surface area contributed by atoms with Crippen molar-refractivity contribution in [2.45, 2.75) is 20.8 Å². The lowest BCUT2D eigenvalue weighted by Crippen LogP contribution is -2.44. The fraction of sp³-hybridized carbons (Fsp3) is 1.00. The molecule has 0 aliphatic carbocycles. The van der Waals surface area contributed by atoms with Gasteiger partial charge in [0.05, 0.1) is 0 Å². The van der Waals surface area contributed by atoms with Gasteiger partial charge in [0.15, 0.2) is 7.49 Å². The second-order valence-electron chi connectivity index (χ2n) is 2.12. The van der Waals surface area contributed by atoms with E-state index in [-0.39, 0.29) is 0 Å². The van der Waals surface area contributed by atoms with Crippen LogP contribution >= 0.6 is 7.49 Å². The molecule has 0 bridgehead atoms. The third-order valence-electron chi connectivity index (χ3n) is 1.23. The van der Waals surface area contributed by atoms with Crippen molar-refractivity contribution < 1.29 is 18.2 Å². The van der Waals surface area contributed by atoms with E-state index in [0.717, 1.165) is 0 Å². The second-order valence-corrected chi connectivity index (χ2v) is 7.48. The molecule has 0 spiro atoms. The fourth-order valence-electron chi connectivity index (χ4n) is 0.848. The van der Waals surface area contributed by atoms with Crippen molar-refractivity contribution in [1.82, 2.24) is 0 Å². The molecule has 0 amide bonds. The zero-order chi connectivity index (χ0) is 10.3. The Labute approximate surface area is 80.6 Å². The molecule has 0 saturated carbocycles. The zero-order valence-corrected chi connectivity index (χ0v) is 10.1. The number of hydrogen-bond donors (Lipinski definition) is 1. The summed E-state index contributed by atoms with van der Waals surface area (Å²) < 4.78 is 15.6. The van der Waals surface area contributed by atoms with Gasteiger partial charge in [-0.2, -0.15) is 0 Å². The molecule has 0 aromatic rings. The minimum Gasteiger partial charge on any atom is -0.620 e. The van der Waals surface area contributed by atoms with Gasteiger partial charge in [-0.15, -0.1) is 5.16 Å². The van der Waals surface area contributed by atoms with Crippen LogP contribution in [0.1, 0.15) is 20.8 Å². The van der Waals surface area contributed by atoms with Gasteiger partial charge in [0.2, 0.25) is 0 Å². The minimum absolute atomic E-state index is 0.353. The standard InChI is InChI=1S/C6H16NO4PSi/c1-4-9-13(10-5-2,11-6-3)12(7)8/h7H,4-6H2,1-3H3. The number of nitrogens with one attached hydrogen (secondary N) is 1. The van der Waals surface area contributed by atoms with Crippen molar-refractivity contribution in [1.29, 1.82) is 5.16 Å². The van der Waals surface area contributed by atoms with Crippen molar-refractivity contribution in [3.05, 3.63) is 0 Å². The van der Waals surface area contributed by atoms with Crippen LogP contribution in [-0.2, 0) is 13.3 Å². The van der Waals surface area contributed by atoms with E-state index in [0.29, 0.717) is 19.8 Å². The Morgan fingerprint density at radius 1 is 1.08 bits per heavy atom. The summed E-state index contributed by atoms with van der Waals surface area (Å²) in [5.41, 5.74) is 0. The smallest absolute Gasteiger partial charge is 0.620 e. The Balaban J connectivity index is 4.48. The molecule has 0 aliphatic heterocycles. The molecule has 0 aromatic carbocycles. The summed E-state index contributed by atoms with van der Waals surface area (Å²) >= 11 is 0. The fourth-order valence-corrected chi connectivity index (χ4v) is 4.76. The predicted molar refractivity (Wildman–Crippen MR) is 50.3 cm³/mol. The summed E-state index contributed by atoms with van der Waals surface area (Å²) in [6.07, 6.45) is 0. The Morgan fingerprint density at radius 2 is 1.38 bits per heavy atom. The van der Waals surface area contributed by atoms with Crippen LogP contribution in [0.3, 0.4) is 0 Å². The van der Waals surface area contributed by atoms with Crippen LogP contribution in [0.25, 0.3) is 0 Å². The van der Waals surface area contributed by atoms with Gasteiger partial charge in [0.1, 0.15) is 0 Å². The van der Waals surface area contributed by atoms with E-state index >= 15 is 0 Å². The summed E-state index contributed by atoms with van der Waals surface area (Å²) in [5, 5.41) is 7.19. The molecule has 0 fully saturated rings. The Kier molecular flexibility index (Phi) is 6.67. The van der Waals surface area contributed by atoms with Gasteiger partial charge in [-0.05, 0) is 20.8 Å². The average Bonchev–Trinajstić information content (AvgIpc) is 2.05. The maximum absolute atomic E-state index is 11.1. The summed E-state index contributed by atoms with van der Waals surface area (Å²) in [5.74, 6) is 0. The van der Waals surface area contributed by atoms with Gasteiger partial charge in [0, 0.05) is 19.8 Å². The first-order valence-corrected chi connectivity index (χ1v) is 8.06. The number of hydrogen-bond acceptors (Lipinski definition) is 5. The molecular formula is C6H16NO4PSi. The molecule has 0 radical (unpaired) electrons. The van der Waals surface area contributed by atoms with Crippen LogP contribution in [0.4, 0.5) is 0 Å². The van der Waals surface area contributed by atoms with Gasteiger partial charge in [-0.3, -0.25) is 0 Å². The van der Waals surface area contributed by atoms with E-state index < -0.39 is 16.0 Å². The molecule has 1 unspecified atom stereocenters. The van der Waals surface area contributed by atoms with Gasteiger partial charge in [0.25, 0.3) is 0 Å². The quantitative estimate of drug-likeness (QED) is 0.519. The molecule has 0 aliphatic rings. The summed E-state index contributed by atoms with van der Waals surface area (Å²) in [6, 6.07) is 0. The Hall–Kier alpha value is 0.157. The van der Waals surface area contributed by atoms with E-state index in [1.54, 1.807) is 20.8 Å². The first-order chi connectivity index (χ1) is 6.13. The highest BCUT2D eigenvalue weighted by Gasteiger charge is 2.56. The van der Waals surface area contributed by atoms with Crippen molar-refractivity contribution in [3.63, 3.8) is 0 Å². The lowest BCUT2D eigenvalue weighted by Gasteiger charge is -2.20. The topological polar surface area (TPSA) is 74.6 Å². The van der Waals surface area contributed by atoms with Crippen molar-refractivity contribution in [2.75, 3.05) is 19.8 Å². The third kappa shape index (κ3) is 3.80. The molecular weight excluding hydrogens is 209 g/mol. The molecule has 0 heterocycles. The van der Waals surface area contributed by atoms with Crippen LogP contribution in [0.2, 0.25) is 0 Å². The van der Waals surface area contributed by atoms with Crippen LogP contribution in [0.5, 0.6) is 0 Å². The highest BCUT2D eigenvalue weighted by atomic mass is 31.4. The first-order valence-electron chi connectivity index (χ1n) is 4.23. The number of rotatable bonds is 7. The second kappa shape index (κ2) is 6.59. The lowest BCUT2D eigenvalue weighted by molar-refractivity contribution is -0.156. The maximum Gasteiger partial charge on any atom is 0.778 e. The van der Waals surface area contributed by atoms with Crippen LogP contribution in [0, 0.1) is 5.16 Å². The third-order valence-corrected chi connectivity index (χ3v) is 6.34. The first kappa shape index (κ1) is 13.2. The molecule has 0 saturated heterocycles. The van der Waals surface area contributed by atoms with Crippen molar-refractivity contribution in [3.8, 4) is 0 Å². The van der Waals surface area contributed by atoms with Gasteiger partial charge in [-0.25, -0.2) is 0 Å². The molecule has 1 N–H and O–H groups in total. The minimum atomic E-state index is -3.20. The average molecular weight is 225 g/mol. The summed E-state index contributed by atoms with van der Waals surface area (Å²) in [4.78, 5) is 11.1. The van der Waals surface area contributed by atoms with E-state index in [1.165, 1.54) is 0 Å². The molecule has 0 rings (SSSR count). The predicted octanol–water partition coefficient (Wildman–Crippen LogP) is 1.05. The highest BCUT2D eigenvalue weighted by Crippen LogP contribution is 2.30. The molecule has 5 nitrogen and oxygen atoms in total. The van der Waals surface area contributed by atoms with Crippen LogP contribution in [0.15, 0.2) is 0 Å². The van der Waals surface area contributed by atoms with Crippen molar-refractivity contribution in [2.24, 2.45) is 0 Å².